The van der Waals surface area contributed by atoms with Crippen molar-refractivity contribution in [2.24, 2.45) is 0 Å². The van der Waals surface area contributed by atoms with E-state index in [2.05, 4.69) is 47.9 Å². The van der Waals surface area contributed by atoms with E-state index < -0.39 is 5.41 Å². The largest absolute Gasteiger partial charge is 0.325 e. The van der Waals surface area contributed by atoms with Crippen LogP contribution in [-0.2, 0) is 10.2 Å². The molecule has 1 saturated heterocycles. The Morgan fingerprint density at radius 2 is 1.95 bits per heavy atom. The molecule has 0 saturated carbocycles. The van der Waals surface area contributed by atoms with Gasteiger partial charge in [-0.25, -0.2) is 0 Å². The lowest BCUT2D eigenvalue weighted by Gasteiger charge is -2.29. The van der Waals surface area contributed by atoms with Crippen molar-refractivity contribution in [3.8, 4) is 0 Å². The number of carbonyl (C=O) groups excluding carboxylic acids is 1. The number of hydrogen-bond donors (Lipinski definition) is 2. The topological polar surface area (TPSA) is 41.1 Å². The Bertz CT molecular complexity index is 710. The van der Waals surface area contributed by atoms with Gasteiger partial charge in [-0.2, -0.15) is 0 Å². The van der Waals surface area contributed by atoms with Crippen LogP contribution >= 0.6 is 0 Å². The van der Waals surface area contributed by atoms with E-state index in [1.165, 1.54) is 11.1 Å². The lowest BCUT2D eigenvalue weighted by Crippen LogP contribution is -2.39. The summed E-state index contributed by atoms with van der Waals surface area (Å²) in [6, 6.07) is 16.6. The van der Waals surface area contributed by atoms with E-state index in [1.54, 1.807) is 0 Å². The Kier molecular flexibility index (Phi) is 2.66. The van der Waals surface area contributed by atoms with Crippen LogP contribution < -0.4 is 10.6 Å². The van der Waals surface area contributed by atoms with Crippen molar-refractivity contribution >= 4 is 11.6 Å². The number of anilines is 1. The molecule has 2 aromatic carbocycles. The standard InChI is InChI=1S/C18H18N2O/c1-12-7-8-14-15(11-12)20-17(21)18(14)9-10-19-16(18)13-5-3-2-4-6-13/h2-8,11,16,19H,9-10H2,1H3,(H,20,21). The molecule has 0 aliphatic carbocycles. The Morgan fingerprint density at radius 1 is 1.14 bits per heavy atom. The second-order valence-corrected chi connectivity index (χ2v) is 6.02. The smallest absolute Gasteiger partial charge is 0.237 e. The van der Waals surface area contributed by atoms with Crippen LogP contribution in [0, 0.1) is 6.92 Å². The molecule has 0 bridgehead atoms. The lowest BCUT2D eigenvalue weighted by molar-refractivity contribution is -0.121. The van der Waals surface area contributed by atoms with Gasteiger partial charge in [-0.1, -0.05) is 42.5 Å². The number of aryl methyl sites for hydroxylation is 1. The van der Waals surface area contributed by atoms with E-state index in [9.17, 15) is 4.79 Å². The molecule has 2 aliphatic rings. The molecule has 4 rings (SSSR count). The van der Waals surface area contributed by atoms with Gasteiger partial charge in [-0.05, 0) is 42.6 Å². The van der Waals surface area contributed by atoms with Crippen LogP contribution in [0.3, 0.4) is 0 Å². The minimum atomic E-state index is -0.468. The number of benzene rings is 2. The average Bonchev–Trinajstić information content (AvgIpc) is 3.04. The third-order valence-corrected chi connectivity index (χ3v) is 4.80. The van der Waals surface area contributed by atoms with Crippen LogP contribution in [0.15, 0.2) is 48.5 Å². The number of nitrogens with one attached hydrogen (secondary N) is 2. The summed E-state index contributed by atoms with van der Waals surface area (Å²) < 4.78 is 0. The van der Waals surface area contributed by atoms with E-state index >= 15 is 0 Å². The van der Waals surface area contributed by atoms with Crippen molar-refractivity contribution in [3.63, 3.8) is 0 Å². The highest BCUT2D eigenvalue weighted by molar-refractivity contribution is 6.07. The number of amides is 1. The van der Waals surface area contributed by atoms with Crippen molar-refractivity contribution in [2.45, 2.75) is 24.8 Å². The molecule has 2 unspecified atom stereocenters. The minimum absolute atomic E-state index is 0.0441. The maximum Gasteiger partial charge on any atom is 0.237 e. The maximum absolute atomic E-state index is 12.8. The van der Waals surface area contributed by atoms with Gasteiger partial charge >= 0.3 is 0 Å². The first-order valence-corrected chi connectivity index (χ1v) is 7.43. The molecule has 1 fully saturated rings. The molecule has 0 radical (unpaired) electrons. The molecule has 21 heavy (non-hydrogen) atoms. The molecule has 2 atom stereocenters. The van der Waals surface area contributed by atoms with Gasteiger partial charge in [0.2, 0.25) is 5.91 Å². The van der Waals surface area contributed by atoms with Crippen molar-refractivity contribution in [3.05, 3.63) is 65.2 Å². The summed E-state index contributed by atoms with van der Waals surface area (Å²) in [5, 5.41) is 6.62. The van der Waals surface area contributed by atoms with Crippen LogP contribution in [0.2, 0.25) is 0 Å². The van der Waals surface area contributed by atoms with E-state index in [4.69, 9.17) is 0 Å². The van der Waals surface area contributed by atoms with Crippen LogP contribution in [0.4, 0.5) is 5.69 Å². The van der Waals surface area contributed by atoms with Gasteiger partial charge in [-0.15, -0.1) is 0 Å². The highest BCUT2D eigenvalue weighted by Crippen LogP contribution is 2.51. The Morgan fingerprint density at radius 3 is 2.76 bits per heavy atom. The molecular formula is C18H18N2O. The van der Waals surface area contributed by atoms with E-state index in [1.807, 2.05) is 18.2 Å². The molecule has 3 heteroatoms. The summed E-state index contributed by atoms with van der Waals surface area (Å²) in [6.45, 7) is 2.92. The fourth-order valence-electron chi connectivity index (χ4n) is 3.82. The zero-order chi connectivity index (χ0) is 14.4. The highest BCUT2D eigenvalue weighted by Gasteiger charge is 2.55. The summed E-state index contributed by atoms with van der Waals surface area (Å²) in [7, 11) is 0. The predicted molar refractivity (Wildman–Crippen MR) is 83.3 cm³/mol. The van der Waals surface area contributed by atoms with Crippen molar-refractivity contribution in [1.82, 2.24) is 5.32 Å². The third kappa shape index (κ3) is 1.67. The Labute approximate surface area is 124 Å². The number of rotatable bonds is 1. The lowest BCUT2D eigenvalue weighted by atomic mass is 9.73. The van der Waals surface area contributed by atoms with E-state index in [0.717, 1.165) is 24.2 Å². The van der Waals surface area contributed by atoms with E-state index in [-0.39, 0.29) is 11.9 Å². The molecular weight excluding hydrogens is 260 g/mol. The molecule has 2 aliphatic heterocycles. The summed E-state index contributed by atoms with van der Waals surface area (Å²) >= 11 is 0. The average molecular weight is 278 g/mol. The van der Waals surface area contributed by atoms with Crippen LogP contribution in [0.1, 0.15) is 29.2 Å². The van der Waals surface area contributed by atoms with Crippen molar-refractivity contribution in [2.75, 3.05) is 11.9 Å². The SMILES string of the molecule is Cc1ccc2c(c1)NC(=O)C21CCNC1c1ccccc1. The first-order valence-electron chi connectivity index (χ1n) is 7.43. The second kappa shape index (κ2) is 4.43. The predicted octanol–water partition coefficient (Wildman–Crippen LogP) is 2.92. The number of hydrogen-bond acceptors (Lipinski definition) is 2. The first kappa shape index (κ1) is 12.6. The molecule has 1 spiro atoms. The van der Waals surface area contributed by atoms with Gasteiger partial charge in [0.25, 0.3) is 0 Å². The summed E-state index contributed by atoms with van der Waals surface area (Å²) in [5.74, 6) is 0.127. The minimum Gasteiger partial charge on any atom is -0.325 e. The fraction of sp³-hybridized carbons (Fsp3) is 0.278. The molecule has 2 aromatic rings. The summed E-state index contributed by atoms with van der Waals surface area (Å²) in [4.78, 5) is 12.8. The fourth-order valence-corrected chi connectivity index (χ4v) is 3.82. The summed E-state index contributed by atoms with van der Waals surface area (Å²) in [6.07, 6.45) is 0.842. The first-order chi connectivity index (χ1) is 10.2. The second-order valence-electron chi connectivity index (χ2n) is 6.02. The zero-order valence-electron chi connectivity index (χ0n) is 12.0. The van der Waals surface area contributed by atoms with Gasteiger partial charge in [0, 0.05) is 5.69 Å². The molecule has 2 heterocycles. The molecule has 106 valence electrons. The van der Waals surface area contributed by atoms with E-state index in [0.29, 0.717) is 0 Å². The van der Waals surface area contributed by atoms with Gasteiger partial charge in [0.1, 0.15) is 0 Å². The molecule has 2 N–H and O–H groups in total. The quantitative estimate of drug-likeness (QED) is 0.842. The van der Waals surface area contributed by atoms with Gasteiger partial charge in [0.15, 0.2) is 0 Å². The number of carbonyl (C=O) groups is 1. The van der Waals surface area contributed by atoms with Gasteiger partial charge in [-0.3, -0.25) is 4.79 Å². The molecule has 3 nitrogen and oxygen atoms in total. The monoisotopic (exact) mass is 278 g/mol. The van der Waals surface area contributed by atoms with Crippen molar-refractivity contribution in [1.29, 1.82) is 0 Å². The van der Waals surface area contributed by atoms with Gasteiger partial charge < -0.3 is 10.6 Å². The van der Waals surface area contributed by atoms with Crippen molar-refractivity contribution < 1.29 is 4.79 Å². The number of fused-ring (bicyclic) bond motifs is 2. The normalized spacial score (nSPS) is 26.9. The summed E-state index contributed by atoms with van der Waals surface area (Å²) in [5.41, 5.74) is 4.00. The Hall–Kier alpha value is -2.13. The van der Waals surface area contributed by atoms with Crippen LogP contribution in [0.25, 0.3) is 0 Å². The van der Waals surface area contributed by atoms with Gasteiger partial charge in [0.05, 0.1) is 11.5 Å². The third-order valence-electron chi connectivity index (χ3n) is 4.80. The van der Waals surface area contributed by atoms with Crippen LogP contribution in [-0.4, -0.2) is 12.5 Å². The molecule has 0 aromatic heterocycles. The maximum atomic E-state index is 12.8. The highest BCUT2D eigenvalue weighted by atomic mass is 16.2. The zero-order valence-corrected chi connectivity index (χ0v) is 12.0. The molecule has 1 amide bonds. The Balaban J connectivity index is 1.89. The van der Waals surface area contributed by atoms with Crippen LogP contribution in [0.5, 0.6) is 0 Å².